The molecule has 3 rings (SSSR count). The van der Waals surface area contributed by atoms with Gasteiger partial charge in [0.05, 0.1) is 17.6 Å². The van der Waals surface area contributed by atoms with Crippen molar-refractivity contribution in [3.05, 3.63) is 35.7 Å². The zero-order chi connectivity index (χ0) is 13.2. The van der Waals surface area contributed by atoms with Crippen LogP contribution in [0.15, 0.2) is 24.4 Å². The van der Waals surface area contributed by atoms with Crippen LogP contribution in [-0.4, -0.2) is 28.1 Å². The minimum absolute atomic E-state index is 0.921. The van der Waals surface area contributed by atoms with Crippen LogP contribution in [0.1, 0.15) is 31.0 Å². The summed E-state index contributed by atoms with van der Waals surface area (Å²) in [6, 6.07) is 6.62. The quantitative estimate of drug-likeness (QED) is 0.846. The van der Waals surface area contributed by atoms with Crippen molar-refractivity contribution < 1.29 is 0 Å². The van der Waals surface area contributed by atoms with Gasteiger partial charge in [0.2, 0.25) is 0 Å². The van der Waals surface area contributed by atoms with E-state index in [-0.39, 0.29) is 0 Å². The summed E-state index contributed by atoms with van der Waals surface area (Å²) in [5, 5.41) is 8.41. The molecule has 0 atom stereocenters. The number of hydrogen-bond acceptors (Lipinski definition) is 3. The van der Waals surface area contributed by atoms with Gasteiger partial charge in [-0.1, -0.05) is 18.2 Å². The van der Waals surface area contributed by atoms with Gasteiger partial charge in [0, 0.05) is 18.8 Å². The van der Waals surface area contributed by atoms with Gasteiger partial charge in [-0.15, -0.1) is 5.10 Å². The highest BCUT2D eigenvalue weighted by Gasteiger charge is 2.14. The first kappa shape index (κ1) is 12.2. The zero-order valence-electron chi connectivity index (χ0n) is 11.6. The molecule has 0 aliphatic carbocycles. The van der Waals surface area contributed by atoms with Crippen molar-refractivity contribution in [2.45, 2.75) is 33.1 Å². The normalized spacial score (nSPS) is 15.2. The van der Waals surface area contributed by atoms with Crippen LogP contribution in [0.3, 0.4) is 0 Å². The van der Waals surface area contributed by atoms with Gasteiger partial charge in [0.15, 0.2) is 0 Å². The summed E-state index contributed by atoms with van der Waals surface area (Å²) in [5.74, 6) is 0. The van der Waals surface area contributed by atoms with Crippen LogP contribution >= 0.6 is 0 Å². The second-order valence-corrected chi connectivity index (χ2v) is 5.17. The molecule has 0 saturated carbocycles. The van der Waals surface area contributed by atoms with Gasteiger partial charge in [-0.3, -0.25) is 0 Å². The summed E-state index contributed by atoms with van der Waals surface area (Å²) in [7, 11) is 0. The number of benzene rings is 1. The Labute approximate surface area is 114 Å². The second-order valence-electron chi connectivity index (χ2n) is 5.17. The number of rotatable bonds is 3. The van der Waals surface area contributed by atoms with Gasteiger partial charge in [0.25, 0.3) is 0 Å². The Kier molecular flexibility index (Phi) is 3.23. The molecule has 1 aliphatic rings. The lowest BCUT2D eigenvalue weighted by atomic mass is 10.1. The van der Waals surface area contributed by atoms with Crippen LogP contribution in [0, 0.1) is 6.92 Å². The fraction of sp³-hybridized carbons (Fsp3) is 0.467. The summed E-state index contributed by atoms with van der Waals surface area (Å²) in [6.07, 6.45) is 5.54. The summed E-state index contributed by atoms with van der Waals surface area (Å²) in [6.45, 7) is 6.55. The molecule has 1 aromatic heterocycles. The van der Waals surface area contributed by atoms with Gasteiger partial charge in [-0.2, -0.15) is 0 Å². The lowest BCUT2D eigenvalue weighted by Crippen LogP contribution is -2.17. The first-order chi connectivity index (χ1) is 9.28. The maximum absolute atomic E-state index is 4.23. The molecule has 0 N–H and O–H groups in total. The van der Waals surface area contributed by atoms with Gasteiger partial charge < -0.3 is 4.90 Å². The van der Waals surface area contributed by atoms with E-state index in [1.165, 1.54) is 37.2 Å². The molecule has 0 radical (unpaired) electrons. The van der Waals surface area contributed by atoms with E-state index < -0.39 is 0 Å². The third kappa shape index (κ3) is 2.35. The molecule has 1 aliphatic heterocycles. The first-order valence-corrected chi connectivity index (χ1v) is 7.05. The Balaban J connectivity index is 1.97. The van der Waals surface area contributed by atoms with Crippen molar-refractivity contribution in [3.8, 4) is 5.69 Å². The molecule has 0 bridgehead atoms. The van der Waals surface area contributed by atoms with Crippen molar-refractivity contribution in [2.24, 2.45) is 0 Å². The molecule has 0 unspecified atom stereocenters. The Bertz CT molecular complexity index is 567. The molecule has 4 heteroatoms. The zero-order valence-corrected chi connectivity index (χ0v) is 11.6. The SMILES string of the molecule is CCc1cn(-c2cc(N3CCCC3)ccc2C)nn1. The molecule has 4 nitrogen and oxygen atoms in total. The minimum atomic E-state index is 0.921. The van der Waals surface area contributed by atoms with E-state index in [1.807, 2.05) is 10.9 Å². The monoisotopic (exact) mass is 256 g/mol. The topological polar surface area (TPSA) is 34.0 Å². The average Bonchev–Trinajstić information content (AvgIpc) is 3.10. The van der Waals surface area contributed by atoms with Gasteiger partial charge >= 0.3 is 0 Å². The second kappa shape index (κ2) is 5.03. The van der Waals surface area contributed by atoms with Crippen molar-refractivity contribution in [1.82, 2.24) is 15.0 Å². The molecule has 0 spiro atoms. The van der Waals surface area contributed by atoms with Crippen LogP contribution in [0.5, 0.6) is 0 Å². The van der Waals surface area contributed by atoms with E-state index in [1.54, 1.807) is 0 Å². The maximum atomic E-state index is 4.23. The highest BCUT2D eigenvalue weighted by Crippen LogP contribution is 2.25. The Morgan fingerprint density at radius 3 is 2.68 bits per heavy atom. The van der Waals surface area contributed by atoms with E-state index in [0.29, 0.717) is 0 Å². The van der Waals surface area contributed by atoms with Crippen LogP contribution in [-0.2, 0) is 6.42 Å². The van der Waals surface area contributed by atoms with E-state index in [2.05, 4.69) is 47.3 Å². The summed E-state index contributed by atoms with van der Waals surface area (Å²) >= 11 is 0. The molecule has 1 fully saturated rings. The largest absolute Gasteiger partial charge is 0.371 e. The Morgan fingerprint density at radius 1 is 1.21 bits per heavy atom. The number of anilines is 1. The lowest BCUT2D eigenvalue weighted by Gasteiger charge is -2.19. The van der Waals surface area contributed by atoms with E-state index >= 15 is 0 Å². The van der Waals surface area contributed by atoms with Crippen LogP contribution < -0.4 is 4.90 Å². The summed E-state index contributed by atoms with van der Waals surface area (Å²) < 4.78 is 1.90. The number of nitrogens with zero attached hydrogens (tertiary/aromatic N) is 4. The standard InChI is InChI=1S/C15H20N4/c1-3-13-11-19(17-16-13)15-10-14(7-6-12(15)2)18-8-4-5-9-18/h6-7,10-11H,3-5,8-9H2,1-2H3. The van der Waals surface area contributed by atoms with Gasteiger partial charge in [0.1, 0.15) is 0 Å². The maximum Gasteiger partial charge on any atom is 0.0829 e. The summed E-state index contributed by atoms with van der Waals surface area (Å²) in [4.78, 5) is 2.45. The highest BCUT2D eigenvalue weighted by atomic mass is 15.4. The van der Waals surface area contributed by atoms with Crippen molar-refractivity contribution in [2.75, 3.05) is 18.0 Å². The molecule has 19 heavy (non-hydrogen) atoms. The molecule has 0 amide bonds. The number of aromatic nitrogens is 3. The first-order valence-electron chi connectivity index (χ1n) is 7.05. The molecule has 2 heterocycles. The molecular formula is C15H20N4. The fourth-order valence-corrected chi connectivity index (χ4v) is 2.59. The lowest BCUT2D eigenvalue weighted by molar-refractivity contribution is 0.792. The van der Waals surface area contributed by atoms with Gasteiger partial charge in [-0.05, 0) is 43.9 Å². The third-order valence-electron chi connectivity index (χ3n) is 3.81. The molecule has 100 valence electrons. The predicted octanol–water partition coefficient (Wildman–Crippen LogP) is 2.74. The Morgan fingerprint density at radius 2 is 2.00 bits per heavy atom. The van der Waals surface area contributed by atoms with Crippen LogP contribution in [0.25, 0.3) is 5.69 Å². The fourth-order valence-electron chi connectivity index (χ4n) is 2.59. The van der Waals surface area contributed by atoms with Crippen LogP contribution in [0.2, 0.25) is 0 Å². The van der Waals surface area contributed by atoms with Crippen molar-refractivity contribution in [1.29, 1.82) is 0 Å². The molecule has 2 aromatic rings. The highest BCUT2D eigenvalue weighted by molar-refractivity contribution is 5.56. The van der Waals surface area contributed by atoms with E-state index in [4.69, 9.17) is 0 Å². The minimum Gasteiger partial charge on any atom is -0.371 e. The Hall–Kier alpha value is -1.84. The van der Waals surface area contributed by atoms with E-state index in [9.17, 15) is 0 Å². The van der Waals surface area contributed by atoms with Crippen molar-refractivity contribution >= 4 is 5.69 Å². The average molecular weight is 256 g/mol. The summed E-state index contributed by atoms with van der Waals surface area (Å²) in [5.41, 5.74) is 4.70. The van der Waals surface area contributed by atoms with Crippen molar-refractivity contribution in [3.63, 3.8) is 0 Å². The smallest absolute Gasteiger partial charge is 0.0829 e. The van der Waals surface area contributed by atoms with E-state index in [0.717, 1.165) is 17.8 Å². The molecule has 1 aromatic carbocycles. The van der Waals surface area contributed by atoms with Gasteiger partial charge in [-0.25, -0.2) is 4.68 Å². The number of hydrogen-bond donors (Lipinski definition) is 0. The third-order valence-corrected chi connectivity index (χ3v) is 3.81. The predicted molar refractivity (Wildman–Crippen MR) is 76.9 cm³/mol. The molecule has 1 saturated heterocycles. The molecular weight excluding hydrogens is 236 g/mol. The number of aryl methyl sites for hydroxylation is 2. The van der Waals surface area contributed by atoms with Crippen LogP contribution in [0.4, 0.5) is 5.69 Å².